The van der Waals surface area contributed by atoms with Crippen LogP contribution in [-0.4, -0.2) is 44.8 Å². The molecule has 112 valence electrons. The maximum Gasteiger partial charge on any atom is 0.269 e. The molecule has 1 atom stereocenters. The summed E-state index contributed by atoms with van der Waals surface area (Å²) >= 11 is 0. The largest absolute Gasteiger partial charge is 0.395 e. The van der Waals surface area contributed by atoms with Crippen LogP contribution in [0.25, 0.3) is 11.4 Å². The lowest BCUT2D eigenvalue weighted by Crippen LogP contribution is -2.31. The first kappa shape index (κ1) is 15.1. The Labute approximate surface area is 121 Å². The first-order valence-corrected chi connectivity index (χ1v) is 6.39. The molecular weight excluding hydrogens is 276 g/mol. The van der Waals surface area contributed by atoms with Crippen LogP contribution in [0.3, 0.4) is 0 Å². The third-order valence-electron chi connectivity index (χ3n) is 3.21. The fraction of sp³-hybridized carbons (Fsp3) is 0.385. The highest BCUT2D eigenvalue weighted by molar-refractivity contribution is 5.56. The molecule has 21 heavy (non-hydrogen) atoms. The number of aromatic nitrogens is 2. The van der Waals surface area contributed by atoms with Crippen molar-refractivity contribution in [1.29, 1.82) is 0 Å². The zero-order valence-corrected chi connectivity index (χ0v) is 11.8. The van der Waals surface area contributed by atoms with E-state index in [2.05, 4.69) is 10.1 Å². The molecule has 0 aliphatic heterocycles. The SMILES string of the molecule is CC(CO)N(C)Cc1nc(-c2ccc([N+](=O)[O-])cc2)no1. The Kier molecular flexibility index (Phi) is 4.61. The fourth-order valence-electron chi connectivity index (χ4n) is 1.68. The van der Waals surface area contributed by atoms with Gasteiger partial charge in [0.1, 0.15) is 0 Å². The van der Waals surface area contributed by atoms with Crippen molar-refractivity contribution in [3.63, 3.8) is 0 Å². The zero-order valence-electron chi connectivity index (χ0n) is 11.8. The van der Waals surface area contributed by atoms with Gasteiger partial charge in [-0.15, -0.1) is 0 Å². The highest BCUT2D eigenvalue weighted by Crippen LogP contribution is 2.20. The quantitative estimate of drug-likeness (QED) is 0.634. The summed E-state index contributed by atoms with van der Waals surface area (Å²) in [4.78, 5) is 16.3. The van der Waals surface area contributed by atoms with Crippen LogP contribution in [0.1, 0.15) is 12.8 Å². The number of nitro benzene ring substituents is 1. The van der Waals surface area contributed by atoms with Crippen LogP contribution in [0, 0.1) is 10.1 Å². The highest BCUT2D eigenvalue weighted by atomic mass is 16.6. The topological polar surface area (TPSA) is 106 Å². The van der Waals surface area contributed by atoms with Crippen LogP contribution in [0.4, 0.5) is 5.69 Å². The Morgan fingerprint density at radius 3 is 2.67 bits per heavy atom. The minimum atomic E-state index is -0.462. The van der Waals surface area contributed by atoms with Gasteiger partial charge < -0.3 is 9.63 Å². The third-order valence-corrected chi connectivity index (χ3v) is 3.21. The molecule has 0 saturated heterocycles. The Morgan fingerprint density at radius 2 is 2.10 bits per heavy atom. The molecule has 1 unspecified atom stereocenters. The van der Waals surface area contributed by atoms with Gasteiger partial charge in [0, 0.05) is 23.7 Å². The van der Waals surface area contributed by atoms with E-state index < -0.39 is 4.92 Å². The summed E-state index contributed by atoms with van der Waals surface area (Å²) in [5.41, 5.74) is 0.660. The number of non-ortho nitro benzene ring substituents is 1. The van der Waals surface area contributed by atoms with Gasteiger partial charge in [-0.2, -0.15) is 4.98 Å². The summed E-state index contributed by atoms with van der Waals surface area (Å²) in [6.07, 6.45) is 0. The second-order valence-electron chi connectivity index (χ2n) is 4.76. The molecule has 1 aromatic carbocycles. The molecule has 1 aromatic heterocycles. The summed E-state index contributed by atoms with van der Waals surface area (Å²) in [6.45, 7) is 2.34. The number of rotatable bonds is 6. The monoisotopic (exact) mass is 292 g/mol. The number of likely N-dealkylation sites (N-methyl/N-ethyl adjacent to an activating group) is 1. The number of nitro groups is 1. The summed E-state index contributed by atoms with van der Waals surface area (Å²) in [5.74, 6) is 0.802. The van der Waals surface area contributed by atoms with Crippen LogP contribution in [0.2, 0.25) is 0 Å². The minimum Gasteiger partial charge on any atom is -0.395 e. The molecule has 0 amide bonds. The molecule has 2 rings (SSSR count). The number of benzene rings is 1. The maximum absolute atomic E-state index is 10.6. The van der Waals surface area contributed by atoms with Crippen LogP contribution >= 0.6 is 0 Å². The van der Waals surface area contributed by atoms with Crippen LogP contribution in [-0.2, 0) is 6.54 Å². The second kappa shape index (κ2) is 6.42. The van der Waals surface area contributed by atoms with Crippen molar-refractivity contribution in [2.45, 2.75) is 19.5 Å². The fourth-order valence-corrected chi connectivity index (χ4v) is 1.68. The van der Waals surface area contributed by atoms with Crippen molar-refractivity contribution in [2.24, 2.45) is 0 Å². The lowest BCUT2D eigenvalue weighted by Gasteiger charge is -2.20. The predicted octanol–water partition coefficient (Wildman–Crippen LogP) is 1.46. The number of aliphatic hydroxyl groups excluding tert-OH is 1. The van der Waals surface area contributed by atoms with Crippen molar-refractivity contribution in [1.82, 2.24) is 15.0 Å². The lowest BCUT2D eigenvalue weighted by atomic mass is 10.2. The Hall–Kier alpha value is -2.32. The first-order chi connectivity index (χ1) is 10.0. The van der Waals surface area contributed by atoms with Crippen LogP contribution in [0.5, 0.6) is 0 Å². The van der Waals surface area contributed by atoms with Gasteiger partial charge >= 0.3 is 0 Å². The maximum atomic E-state index is 10.6. The van der Waals surface area contributed by atoms with E-state index in [0.717, 1.165) is 0 Å². The van der Waals surface area contributed by atoms with Gasteiger partial charge in [0.2, 0.25) is 11.7 Å². The van der Waals surface area contributed by atoms with E-state index in [4.69, 9.17) is 9.63 Å². The van der Waals surface area contributed by atoms with E-state index in [1.807, 2.05) is 18.9 Å². The van der Waals surface area contributed by atoms with Crippen LogP contribution < -0.4 is 0 Å². The van der Waals surface area contributed by atoms with Gasteiger partial charge in [-0.25, -0.2) is 0 Å². The van der Waals surface area contributed by atoms with Crippen molar-refractivity contribution in [2.75, 3.05) is 13.7 Å². The Bertz CT molecular complexity index is 611. The van der Waals surface area contributed by atoms with Gasteiger partial charge in [0.15, 0.2) is 0 Å². The van der Waals surface area contributed by atoms with E-state index in [-0.39, 0.29) is 18.3 Å². The van der Waals surface area contributed by atoms with Crippen molar-refractivity contribution < 1.29 is 14.6 Å². The van der Waals surface area contributed by atoms with Crippen molar-refractivity contribution in [3.8, 4) is 11.4 Å². The number of nitrogens with zero attached hydrogens (tertiary/aromatic N) is 4. The predicted molar refractivity (Wildman–Crippen MR) is 74.4 cm³/mol. The molecule has 0 fully saturated rings. The molecule has 2 aromatic rings. The van der Waals surface area contributed by atoms with Gasteiger partial charge in [-0.05, 0) is 26.1 Å². The summed E-state index contributed by atoms with van der Waals surface area (Å²) in [6, 6.07) is 5.93. The molecule has 1 N–H and O–H groups in total. The molecule has 0 spiro atoms. The molecule has 0 bridgehead atoms. The summed E-state index contributed by atoms with van der Waals surface area (Å²) in [5, 5.41) is 23.5. The van der Waals surface area contributed by atoms with E-state index in [1.165, 1.54) is 12.1 Å². The number of hydrogen-bond acceptors (Lipinski definition) is 7. The van der Waals surface area contributed by atoms with Crippen molar-refractivity contribution in [3.05, 3.63) is 40.3 Å². The molecular formula is C13H16N4O4. The molecule has 0 aliphatic carbocycles. The van der Waals surface area contributed by atoms with Gasteiger partial charge in [-0.1, -0.05) is 5.16 Å². The normalized spacial score (nSPS) is 12.6. The smallest absolute Gasteiger partial charge is 0.269 e. The molecule has 1 heterocycles. The molecule has 8 nitrogen and oxygen atoms in total. The van der Waals surface area contributed by atoms with Crippen LogP contribution in [0.15, 0.2) is 28.8 Å². The first-order valence-electron chi connectivity index (χ1n) is 6.39. The Balaban J connectivity index is 2.10. The molecule has 0 aliphatic rings. The molecule has 8 heteroatoms. The lowest BCUT2D eigenvalue weighted by molar-refractivity contribution is -0.384. The highest BCUT2D eigenvalue weighted by Gasteiger charge is 2.14. The van der Waals surface area contributed by atoms with E-state index in [9.17, 15) is 10.1 Å². The number of aliphatic hydroxyl groups is 1. The van der Waals surface area contributed by atoms with E-state index in [0.29, 0.717) is 23.8 Å². The summed E-state index contributed by atoms with van der Waals surface area (Å²) < 4.78 is 5.14. The summed E-state index contributed by atoms with van der Waals surface area (Å²) in [7, 11) is 1.84. The van der Waals surface area contributed by atoms with E-state index in [1.54, 1.807) is 12.1 Å². The third kappa shape index (κ3) is 3.61. The molecule has 0 radical (unpaired) electrons. The molecule has 0 saturated carbocycles. The second-order valence-corrected chi connectivity index (χ2v) is 4.76. The van der Waals surface area contributed by atoms with Crippen molar-refractivity contribution >= 4 is 5.69 Å². The minimum absolute atomic E-state index is 0.0129. The average molecular weight is 292 g/mol. The van der Waals surface area contributed by atoms with Gasteiger partial charge in [0.25, 0.3) is 5.69 Å². The zero-order chi connectivity index (χ0) is 15.4. The van der Waals surface area contributed by atoms with Gasteiger partial charge in [0.05, 0.1) is 18.1 Å². The number of hydrogen-bond donors (Lipinski definition) is 1. The standard InChI is InChI=1S/C13H16N4O4/c1-9(8-18)16(2)7-12-14-13(15-21-12)10-3-5-11(6-4-10)17(19)20/h3-6,9,18H,7-8H2,1-2H3. The Morgan fingerprint density at radius 1 is 1.43 bits per heavy atom. The van der Waals surface area contributed by atoms with E-state index >= 15 is 0 Å². The van der Waals surface area contributed by atoms with Gasteiger partial charge in [-0.3, -0.25) is 15.0 Å². The average Bonchev–Trinajstić information content (AvgIpc) is 2.94.